The van der Waals surface area contributed by atoms with Gasteiger partial charge in [-0.2, -0.15) is 0 Å². The molecule has 1 heterocycles. The van der Waals surface area contributed by atoms with E-state index < -0.39 is 35.8 Å². The summed E-state index contributed by atoms with van der Waals surface area (Å²) in [6, 6.07) is 0. The normalized spacial score (nSPS) is 31.1. The Morgan fingerprint density at radius 3 is 2.22 bits per heavy atom. The van der Waals surface area contributed by atoms with Gasteiger partial charge in [-0.05, 0) is 27.7 Å². The third-order valence-electron chi connectivity index (χ3n) is 2.99. The molecule has 18 heavy (non-hydrogen) atoms. The van der Waals surface area contributed by atoms with Crippen LogP contribution in [0.3, 0.4) is 0 Å². The van der Waals surface area contributed by atoms with Gasteiger partial charge in [0, 0.05) is 7.11 Å². The van der Waals surface area contributed by atoms with Gasteiger partial charge in [0.25, 0.3) is 0 Å². The van der Waals surface area contributed by atoms with Crippen LogP contribution in [0.15, 0.2) is 12.7 Å². The second kappa shape index (κ2) is 5.27. The van der Waals surface area contributed by atoms with E-state index in [1.807, 2.05) is 0 Å². The zero-order valence-corrected chi connectivity index (χ0v) is 11.7. The van der Waals surface area contributed by atoms with Gasteiger partial charge in [-0.25, -0.2) is 0 Å². The highest BCUT2D eigenvalue weighted by Crippen LogP contribution is 2.35. The van der Waals surface area contributed by atoms with Crippen molar-refractivity contribution in [2.45, 2.75) is 63.5 Å². The number of ether oxygens (including phenoxy) is 3. The molecule has 0 radical (unpaired) electrons. The number of aliphatic hydroxyl groups excluding tert-OH is 1. The van der Waals surface area contributed by atoms with Crippen molar-refractivity contribution >= 4 is 0 Å². The lowest BCUT2D eigenvalue weighted by atomic mass is 9.91. The molecule has 1 rings (SSSR count). The summed E-state index contributed by atoms with van der Waals surface area (Å²) in [6.45, 7) is 10.3. The highest BCUT2D eigenvalue weighted by atomic mass is 16.8. The second-order valence-corrected chi connectivity index (χ2v) is 5.60. The Labute approximate surface area is 108 Å². The molecule has 1 aliphatic heterocycles. The average molecular weight is 260 g/mol. The monoisotopic (exact) mass is 260 g/mol. The lowest BCUT2D eigenvalue weighted by Gasteiger charge is -2.34. The maximum absolute atomic E-state index is 10.1. The molecule has 0 aliphatic carbocycles. The minimum Gasteiger partial charge on any atom is -0.388 e. The van der Waals surface area contributed by atoms with Crippen LogP contribution in [0, 0.1) is 0 Å². The Bertz CT molecular complexity index is 294. The molecule has 0 amide bonds. The number of rotatable bonds is 5. The van der Waals surface area contributed by atoms with Crippen molar-refractivity contribution in [1.82, 2.24) is 0 Å². The predicted octanol–water partition coefficient (Wildman–Crippen LogP) is 0.839. The van der Waals surface area contributed by atoms with Crippen molar-refractivity contribution < 1.29 is 24.4 Å². The third kappa shape index (κ3) is 3.30. The van der Waals surface area contributed by atoms with E-state index in [2.05, 4.69) is 6.58 Å². The van der Waals surface area contributed by atoms with Gasteiger partial charge in [-0.1, -0.05) is 6.08 Å². The SMILES string of the molecule is C=C[C@@H](O)[C@@H]1OC(C)(C)O[C@@H]1[C@@H](OC)C(C)(C)O. The van der Waals surface area contributed by atoms with Crippen LogP contribution >= 0.6 is 0 Å². The van der Waals surface area contributed by atoms with E-state index in [4.69, 9.17) is 14.2 Å². The Hall–Kier alpha value is -0.460. The smallest absolute Gasteiger partial charge is 0.164 e. The summed E-state index contributed by atoms with van der Waals surface area (Å²) in [5.74, 6) is -0.832. The molecule has 0 aromatic rings. The van der Waals surface area contributed by atoms with Crippen LogP contribution in [0.25, 0.3) is 0 Å². The highest BCUT2D eigenvalue weighted by Gasteiger charge is 2.51. The molecule has 0 unspecified atom stereocenters. The molecule has 0 saturated carbocycles. The quantitative estimate of drug-likeness (QED) is 0.717. The standard InChI is InChI=1S/C13H24O5/c1-7-8(14)9-10(18-13(4,5)17-9)11(16-6)12(2,3)15/h7-11,14-15H,1H2,2-6H3/t8-,9+,10+,11-/m1/s1. The molecule has 5 heteroatoms. The highest BCUT2D eigenvalue weighted by molar-refractivity contribution is 5.00. The number of hydrogen-bond acceptors (Lipinski definition) is 5. The number of hydrogen-bond donors (Lipinski definition) is 2. The first-order valence-electron chi connectivity index (χ1n) is 6.04. The average Bonchev–Trinajstić information content (AvgIpc) is 2.52. The van der Waals surface area contributed by atoms with Gasteiger partial charge in [0.05, 0.1) is 5.60 Å². The molecule has 0 bridgehead atoms. The molecular formula is C13H24O5. The molecule has 0 spiro atoms. The molecule has 1 aliphatic rings. The van der Waals surface area contributed by atoms with Gasteiger partial charge in [0.1, 0.15) is 24.4 Å². The largest absolute Gasteiger partial charge is 0.388 e. The van der Waals surface area contributed by atoms with E-state index in [-0.39, 0.29) is 0 Å². The van der Waals surface area contributed by atoms with Crippen molar-refractivity contribution in [1.29, 1.82) is 0 Å². The van der Waals surface area contributed by atoms with Crippen LogP contribution in [0.4, 0.5) is 0 Å². The maximum Gasteiger partial charge on any atom is 0.164 e. The molecule has 5 nitrogen and oxygen atoms in total. The fraction of sp³-hybridized carbons (Fsp3) is 0.846. The second-order valence-electron chi connectivity index (χ2n) is 5.60. The predicted molar refractivity (Wildman–Crippen MR) is 67.1 cm³/mol. The van der Waals surface area contributed by atoms with Crippen molar-refractivity contribution in [2.75, 3.05) is 7.11 Å². The number of aliphatic hydroxyl groups is 2. The van der Waals surface area contributed by atoms with Crippen molar-refractivity contribution in [3.63, 3.8) is 0 Å². The van der Waals surface area contributed by atoms with Gasteiger partial charge in [-0.3, -0.25) is 0 Å². The molecule has 4 atom stereocenters. The van der Waals surface area contributed by atoms with Crippen LogP contribution in [0.1, 0.15) is 27.7 Å². The van der Waals surface area contributed by atoms with Crippen LogP contribution in [0.2, 0.25) is 0 Å². The maximum atomic E-state index is 10.1. The van der Waals surface area contributed by atoms with Crippen LogP contribution in [-0.4, -0.2) is 53.1 Å². The molecule has 2 N–H and O–H groups in total. The van der Waals surface area contributed by atoms with Gasteiger partial charge < -0.3 is 24.4 Å². The lowest BCUT2D eigenvalue weighted by molar-refractivity contribution is -0.178. The van der Waals surface area contributed by atoms with Gasteiger partial charge in [-0.15, -0.1) is 6.58 Å². The number of methoxy groups -OCH3 is 1. The first-order valence-corrected chi connectivity index (χ1v) is 6.04. The lowest BCUT2D eigenvalue weighted by Crippen LogP contribution is -2.52. The zero-order valence-electron chi connectivity index (χ0n) is 11.7. The molecule has 0 aromatic carbocycles. The van der Waals surface area contributed by atoms with E-state index in [0.29, 0.717) is 0 Å². The van der Waals surface area contributed by atoms with Crippen molar-refractivity contribution in [3.8, 4) is 0 Å². The topological polar surface area (TPSA) is 68.2 Å². The van der Waals surface area contributed by atoms with Crippen LogP contribution in [0.5, 0.6) is 0 Å². The summed E-state index contributed by atoms with van der Waals surface area (Å²) in [6.07, 6.45) is -1.29. The van der Waals surface area contributed by atoms with Crippen LogP contribution in [-0.2, 0) is 14.2 Å². The third-order valence-corrected chi connectivity index (χ3v) is 2.99. The Kier molecular flexibility index (Phi) is 4.56. The summed E-state index contributed by atoms with van der Waals surface area (Å²) in [7, 11) is 1.49. The van der Waals surface area contributed by atoms with E-state index in [9.17, 15) is 10.2 Å². The fourth-order valence-electron chi connectivity index (χ4n) is 2.27. The zero-order chi connectivity index (χ0) is 14.1. The molecule has 1 saturated heterocycles. The summed E-state index contributed by atoms with van der Waals surface area (Å²) in [5.41, 5.74) is -1.11. The van der Waals surface area contributed by atoms with E-state index in [1.54, 1.807) is 27.7 Å². The summed E-state index contributed by atoms with van der Waals surface area (Å²) in [5, 5.41) is 20.0. The van der Waals surface area contributed by atoms with Crippen molar-refractivity contribution in [2.24, 2.45) is 0 Å². The summed E-state index contributed by atoms with van der Waals surface area (Å²) < 4.78 is 16.7. The molecule has 0 aromatic heterocycles. The minimum atomic E-state index is -1.11. The Balaban J connectivity index is 2.99. The molecule has 106 valence electrons. The molecular weight excluding hydrogens is 236 g/mol. The van der Waals surface area contributed by atoms with Gasteiger partial charge >= 0.3 is 0 Å². The van der Waals surface area contributed by atoms with E-state index in [0.717, 1.165) is 0 Å². The fourth-order valence-corrected chi connectivity index (χ4v) is 2.27. The first kappa shape index (κ1) is 15.6. The molecule has 1 fully saturated rings. The van der Waals surface area contributed by atoms with Crippen molar-refractivity contribution in [3.05, 3.63) is 12.7 Å². The first-order chi connectivity index (χ1) is 8.12. The summed E-state index contributed by atoms with van der Waals surface area (Å²) in [4.78, 5) is 0. The Morgan fingerprint density at radius 1 is 1.33 bits per heavy atom. The van der Waals surface area contributed by atoms with E-state index >= 15 is 0 Å². The van der Waals surface area contributed by atoms with E-state index in [1.165, 1.54) is 13.2 Å². The Morgan fingerprint density at radius 2 is 1.83 bits per heavy atom. The van der Waals surface area contributed by atoms with Gasteiger partial charge in [0.2, 0.25) is 0 Å². The minimum absolute atomic E-state index is 0.571. The van der Waals surface area contributed by atoms with Crippen LogP contribution < -0.4 is 0 Å². The van der Waals surface area contributed by atoms with Gasteiger partial charge in [0.15, 0.2) is 5.79 Å². The summed E-state index contributed by atoms with van der Waals surface area (Å²) >= 11 is 0.